The van der Waals surface area contributed by atoms with Gasteiger partial charge in [-0.1, -0.05) is 13.8 Å². The summed E-state index contributed by atoms with van der Waals surface area (Å²) in [7, 11) is 5.87. The molecule has 1 saturated heterocycles. The van der Waals surface area contributed by atoms with Gasteiger partial charge in [0.25, 0.3) is 5.69 Å². The van der Waals surface area contributed by atoms with Crippen molar-refractivity contribution in [1.29, 1.82) is 0 Å². The van der Waals surface area contributed by atoms with Gasteiger partial charge >= 0.3 is 0 Å². The summed E-state index contributed by atoms with van der Waals surface area (Å²) in [5, 5.41) is 11.2. The first-order valence-corrected chi connectivity index (χ1v) is 8.05. The molecule has 0 aliphatic carbocycles. The second kappa shape index (κ2) is 7.45. The molecule has 0 amide bonds. The van der Waals surface area contributed by atoms with Crippen LogP contribution in [0.15, 0.2) is 12.1 Å². The number of rotatable bonds is 6. The van der Waals surface area contributed by atoms with Gasteiger partial charge in [0.05, 0.1) is 29.3 Å². The predicted octanol–water partition coefficient (Wildman–Crippen LogP) is 3.43. The molecule has 23 heavy (non-hydrogen) atoms. The monoisotopic (exact) mass is 317 g/mol. The topological polar surface area (TPSA) is 61.6 Å². The number of benzene rings is 1. The Labute approximate surface area is 138 Å². The summed E-state index contributed by atoms with van der Waals surface area (Å²) in [6, 6.07) is 3.12. The third-order valence-electron chi connectivity index (χ3n) is 4.28. The van der Waals surface area contributed by atoms with E-state index < -0.39 is 0 Å². The van der Waals surface area contributed by atoms with Crippen LogP contribution in [0.3, 0.4) is 0 Å². The maximum Gasteiger partial charge on any atom is 0.275 e. The van der Waals surface area contributed by atoms with E-state index in [-0.39, 0.29) is 35.4 Å². The summed E-state index contributed by atoms with van der Waals surface area (Å²) >= 11 is 0. The number of nitro benzene ring substituents is 1. The lowest BCUT2D eigenvalue weighted by Crippen LogP contribution is -2.26. The van der Waals surface area contributed by atoms with Crippen LogP contribution in [-0.4, -0.2) is 31.0 Å². The van der Waals surface area contributed by atoms with Gasteiger partial charge in [-0.05, 0) is 49.8 Å². The van der Waals surface area contributed by atoms with Crippen molar-refractivity contribution in [3.63, 3.8) is 0 Å². The van der Waals surface area contributed by atoms with E-state index in [2.05, 4.69) is 13.8 Å². The molecule has 1 heterocycles. The fourth-order valence-corrected chi connectivity index (χ4v) is 2.94. The first-order chi connectivity index (χ1) is 10.8. The normalized spacial score (nSPS) is 24.3. The van der Waals surface area contributed by atoms with Crippen LogP contribution in [-0.2, 0) is 16.1 Å². The zero-order valence-electron chi connectivity index (χ0n) is 14.2. The standard InChI is InChI=1S/C17H24BNO4/c1-10(2)5-16-15(8-17(18)23-16)22-9-13-6-11(3)12(4)7-14(13)19(20)21/h6-7,10,15-17H,5,8-9H2,1-4H3. The highest BCUT2D eigenvalue weighted by molar-refractivity contribution is 6.11. The SMILES string of the molecule is [B]C1CC(OCc2cc(C)c(C)cc2[N+](=O)[O-])C(CC(C)C)O1. The number of nitrogens with zero attached hydrogens (tertiary/aromatic N) is 1. The second-order valence-corrected chi connectivity index (χ2v) is 6.75. The highest BCUT2D eigenvalue weighted by Gasteiger charge is 2.34. The van der Waals surface area contributed by atoms with Gasteiger partial charge in [0.2, 0.25) is 0 Å². The van der Waals surface area contributed by atoms with Crippen molar-refractivity contribution in [2.24, 2.45) is 5.92 Å². The van der Waals surface area contributed by atoms with Crippen LogP contribution < -0.4 is 0 Å². The van der Waals surface area contributed by atoms with Gasteiger partial charge in [0.1, 0.15) is 7.85 Å². The molecule has 0 aromatic heterocycles. The molecule has 0 N–H and O–H groups in total. The van der Waals surface area contributed by atoms with Gasteiger partial charge in [-0.3, -0.25) is 10.1 Å². The van der Waals surface area contributed by atoms with Crippen LogP contribution in [0.5, 0.6) is 0 Å². The van der Waals surface area contributed by atoms with Gasteiger partial charge in [0, 0.05) is 12.1 Å². The third-order valence-corrected chi connectivity index (χ3v) is 4.28. The number of aryl methyl sites for hydroxylation is 2. The van der Waals surface area contributed by atoms with E-state index in [1.807, 2.05) is 19.9 Å². The smallest absolute Gasteiger partial charge is 0.275 e. The maximum absolute atomic E-state index is 11.2. The van der Waals surface area contributed by atoms with Crippen LogP contribution >= 0.6 is 0 Å². The number of hydrogen-bond donors (Lipinski definition) is 0. The van der Waals surface area contributed by atoms with Crippen molar-refractivity contribution >= 4 is 13.5 Å². The van der Waals surface area contributed by atoms with Crippen LogP contribution in [0, 0.1) is 29.9 Å². The fraction of sp³-hybridized carbons (Fsp3) is 0.647. The molecule has 5 nitrogen and oxygen atoms in total. The van der Waals surface area contributed by atoms with E-state index in [4.69, 9.17) is 17.3 Å². The molecule has 0 bridgehead atoms. The van der Waals surface area contributed by atoms with Gasteiger partial charge < -0.3 is 9.47 Å². The Bertz CT molecular complexity index is 576. The average Bonchev–Trinajstić information content (AvgIpc) is 2.78. The molecule has 3 unspecified atom stereocenters. The molecular weight excluding hydrogens is 293 g/mol. The number of nitro groups is 1. The molecule has 3 atom stereocenters. The van der Waals surface area contributed by atoms with Crippen molar-refractivity contribution in [2.45, 2.75) is 65.4 Å². The molecule has 1 aliphatic heterocycles. The minimum atomic E-state index is -0.354. The molecule has 124 valence electrons. The maximum atomic E-state index is 11.2. The first kappa shape index (κ1) is 18.0. The summed E-state index contributed by atoms with van der Waals surface area (Å²) in [6.07, 6.45) is 1.33. The zero-order chi connectivity index (χ0) is 17.1. The lowest BCUT2D eigenvalue weighted by Gasteiger charge is -2.21. The first-order valence-electron chi connectivity index (χ1n) is 8.05. The quantitative estimate of drug-likeness (QED) is 0.458. The summed E-state index contributed by atoms with van der Waals surface area (Å²) in [4.78, 5) is 10.9. The van der Waals surface area contributed by atoms with E-state index in [1.165, 1.54) is 0 Å². The van der Waals surface area contributed by atoms with Crippen LogP contribution in [0.25, 0.3) is 0 Å². The average molecular weight is 317 g/mol. The van der Waals surface area contributed by atoms with E-state index in [0.29, 0.717) is 17.9 Å². The molecule has 2 radical (unpaired) electrons. The van der Waals surface area contributed by atoms with Gasteiger partial charge in [-0.25, -0.2) is 0 Å². The molecule has 1 aromatic carbocycles. The lowest BCUT2D eigenvalue weighted by atomic mass is 9.94. The number of ether oxygens (including phenoxy) is 2. The molecule has 0 saturated carbocycles. The van der Waals surface area contributed by atoms with Crippen molar-refractivity contribution in [1.82, 2.24) is 0 Å². The van der Waals surface area contributed by atoms with E-state index in [0.717, 1.165) is 17.5 Å². The Morgan fingerprint density at radius 2 is 2.04 bits per heavy atom. The van der Waals surface area contributed by atoms with Gasteiger partial charge in [-0.2, -0.15) is 0 Å². The van der Waals surface area contributed by atoms with Crippen LogP contribution in [0.1, 0.15) is 43.4 Å². The predicted molar refractivity (Wildman–Crippen MR) is 89.6 cm³/mol. The minimum absolute atomic E-state index is 0.0457. The fourth-order valence-electron chi connectivity index (χ4n) is 2.94. The van der Waals surface area contributed by atoms with Crippen molar-refractivity contribution < 1.29 is 14.4 Å². The highest BCUT2D eigenvalue weighted by atomic mass is 16.6. The van der Waals surface area contributed by atoms with E-state index in [1.54, 1.807) is 6.07 Å². The second-order valence-electron chi connectivity index (χ2n) is 6.75. The largest absolute Gasteiger partial charge is 0.382 e. The molecule has 1 aliphatic rings. The van der Waals surface area contributed by atoms with Gasteiger partial charge in [0.15, 0.2) is 0 Å². The Morgan fingerprint density at radius 3 is 2.65 bits per heavy atom. The molecular formula is C17H24BNO4. The van der Waals surface area contributed by atoms with Crippen molar-refractivity contribution in [3.8, 4) is 0 Å². The molecule has 0 spiro atoms. The molecule has 1 fully saturated rings. The molecule has 1 aromatic rings. The summed E-state index contributed by atoms with van der Waals surface area (Å²) in [5.41, 5.74) is 2.63. The Kier molecular flexibility index (Phi) is 5.81. The minimum Gasteiger partial charge on any atom is -0.382 e. The lowest BCUT2D eigenvalue weighted by molar-refractivity contribution is -0.386. The molecule has 2 rings (SSSR count). The van der Waals surface area contributed by atoms with E-state index >= 15 is 0 Å². The zero-order valence-corrected chi connectivity index (χ0v) is 14.2. The van der Waals surface area contributed by atoms with Crippen molar-refractivity contribution in [3.05, 3.63) is 38.9 Å². The van der Waals surface area contributed by atoms with Crippen LogP contribution in [0.4, 0.5) is 5.69 Å². The van der Waals surface area contributed by atoms with Crippen LogP contribution in [0.2, 0.25) is 0 Å². The summed E-state index contributed by atoms with van der Waals surface area (Å²) in [5.74, 6) is 0.479. The highest BCUT2D eigenvalue weighted by Crippen LogP contribution is 2.29. The van der Waals surface area contributed by atoms with E-state index in [9.17, 15) is 10.1 Å². The number of hydrogen-bond acceptors (Lipinski definition) is 4. The van der Waals surface area contributed by atoms with Crippen molar-refractivity contribution in [2.75, 3.05) is 0 Å². The molecule has 6 heteroatoms. The van der Waals surface area contributed by atoms with Gasteiger partial charge in [-0.15, -0.1) is 0 Å². The Hall–Kier alpha value is -1.40. The summed E-state index contributed by atoms with van der Waals surface area (Å²) < 4.78 is 11.7. The summed E-state index contributed by atoms with van der Waals surface area (Å²) in [6.45, 7) is 8.26. The Morgan fingerprint density at radius 1 is 1.39 bits per heavy atom. The Balaban J connectivity index is 2.10. The third kappa shape index (κ3) is 4.55.